The molecule has 2 heterocycles. The molecule has 0 radical (unpaired) electrons. The minimum absolute atomic E-state index is 0.0359. The fourth-order valence-corrected chi connectivity index (χ4v) is 4.10. The molecule has 1 atom stereocenters. The Bertz CT molecular complexity index is 757. The summed E-state index contributed by atoms with van der Waals surface area (Å²) in [6, 6.07) is 9.86. The van der Waals surface area contributed by atoms with E-state index < -0.39 is 0 Å². The molecule has 1 saturated heterocycles. The van der Waals surface area contributed by atoms with Crippen molar-refractivity contribution in [1.29, 1.82) is 0 Å². The SMILES string of the molecule is CCOC(=O)C1CCCN(C(=O)c2sc(-c3ccccc3)nc2C)C1. The van der Waals surface area contributed by atoms with Crippen LogP contribution in [0, 0.1) is 12.8 Å². The fraction of sp³-hybridized carbons (Fsp3) is 0.421. The van der Waals surface area contributed by atoms with E-state index >= 15 is 0 Å². The van der Waals surface area contributed by atoms with Gasteiger partial charge in [-0.15, -0.1) is 11.3 Å². The van der Waals surface area contributed by atoms with Crippen LogP contribution in [0.4, 0.5) is 0 Å². The van der Waals surface area contributed by atoms with E-state index in [1.54, 1.807) is 11.8 Å². The average Bonchev–Trinajstić information content (AvgIpc) is 3.04. The summed E-state index contributed by atoms with van der Waals surface area (Å²) in [5.74, 6) is -0.461. The van der Waals surface area contributed by atoms with E-state index in [1.165, 1.54) is 11.3 Å². The van der Waals surface area contributed by atoms with E-state index in [4.69, 9.17) is 4.74 Å². The van der Waals surface area contributed by atoms with E-state index in [2.05, 4.69) is 4.98 Å². The van der Waals surface area contributed by atoms with Gasteiger partial charge in [0.25, 0.3) is 5.91 Å². The van der Waals surface area contributed by atoms with E-state index in [0.29, 0.717) is 24.6 Å². The van der Waals surface area contributed by atoms with Crippen LogP contribution in [-0.2, 0) is 9.53 Å². The van der Waals surface area contributed by atoms with Gasteiger partial charge in [-0.25, -0.2) is 4.98 Å². The van der Waals surface area contributed by atoms with Crippen molar-refractivity contribution in [2.24, 2.45) is 5.92 Å². The molecule has 0 aliphatic carbocycles. The van der Waals surface area contributed by atoms with Gasteiger partial charge in [0.2, 0.25) is 0 Å². The molecule has 25 heavy (non-hydrogen) atoms. The van der Waals surface area contributed by atoms with Gasteiger partial charge < -0.3 is 9.64 Å². The Hall–Kier alpha value is -2.21. The second-order valence-corrected chi connectivity index (χ2v) is 7.14. The highest BCUT2D eigenvalue weighted by atomic mass is 32.1. The largest absolute Gasteiger partial charge is 0.466 e. The Labute approximate surface area is 151 Å². The third kappa shape index (κ3) is 3.90. The maximum Gasteiger partial charge on any atom is 0.310 e. The number of benzene rings is 1. The van der Waals surface area contributed by atoms with Gasteiger partial charge in [-0.05, 0) is 26.7 Å². The number of carbonyl (C=O) groups excluding carboxylic acids is 2. The molecule has 0 spiro atoms. The molecule has 2 aromatic rings. The Morgan fingerprint density at radius 3 is 2.80 bits per heavy atom. The van der Waals surface area contributed by atoms with E-state index in [1.807, 2.05) is 37.3 Å². The Kier molecular flexibility index (Phi) is 5.48. The maximum atomic E-state index is 12.9. The van der Waals surface area contributed by atoms with Gasteiger partial charge in [-0.1, -0.05) is 30.3 Å². The van der Waals surface area contributed by atoms with Crippen molar-refractivity contribution in [3.63, 3.8) is 0 Å². The van der Waals surface area contributed by atoms with Crippen LogP contribution in [0.1, 0.15) is 35.1 Å². The summed E-state index contributed by atoms with van der Waals surface area (Å²) in [6.07, 6.45) is 1.60. The van der Waals surface area contributed by atoms with Crippen molar-refractivity contribution < 1.29 is 14.3 Å². The Balaban J connectivity index is 1.77. The number of esters is 1. The summed E-state index contributed by atoms with van der Waals surface area (Å²) in [7, 11) is 0. The van der Waals surface area contributed by atoms with Crippen LogP contribution in [0.2, 0.25) is 0 Å². The smallest absolute Gasteiger partial charge is 0.310 e. The van der Waals surface area contributed by atoms with Gasteiger partial charge in [-0.2, -0.15) is 0 Å². The van der Waals surface area contributed by atoms with Gasteiger partial charge >= 0.3 is 5.97 Å². The minimum atomic E-state index is -0.223. The van der Waals surface area contributed by atoms with E-state index in [-0.39, 0.29) is 17.8 Å². The minimum Gasteiger partial charge on any atom is -0.466 e. The highest BCUT2D eigenvalue weighted by Gasteiger charge is 2.31. The number of hydrogen-bond donors (Lipinski definition) is 0. The highest BCUT2D eigenvalue weighted by molar-refractivity contribution is 7.17. The lowest BCUT2D eigenvalue weighted by molar-refractivity contribution is -0.149. The van der Waals surface area contributed by atoms with Gasteiger partial charge in [0, 0.05) is 18.7 Å². The lowest BCUT2D eigenvalue weighted by atomic mass is 9.98. The molecule has 1 aromatic carbocycles. The van der Waals surface area contributed by atoms with Crippen molar-refractivity contribution >= 4 is 23.2 Å². The third-order valence-corrected chi connectivity index (χ3v) is 5.53. The quantitative estimate of drug-likeness (QED) is 0.785. The lowest BCUT2D eigenvalue weighted by Crippen LogP contribution is -2.42. The van der Waals surface area contributed by atoms with Crippen molar-refractivity contribution in [3.8, 4) is 10.6 Å². The number of carbonyl (C=O) groups is 2. The normalized spacial score (nSPS) is 17.4. The van der Waals surface area contributed by atoms with Crippen LogP contribution in [0.3, 0.4) is 0 Å². The van der Waals surface area contributed by atoms with Gasteiger partial charge in [0.1, 0.15) is 9.88 Å². The second kappa shape index (κ2) is 7.78. The molecular formula is C19H22N2O3S. The van der Waals surface area contributed by atoms with E-state index in [9.17, 15) is 9.59 Å². The Morgan fingerprint density at radius 2 is 2.08 bits per heavy atom. The molecule has 5 nitrogen and oxygen atoms in total. The molecule has 0 saturated carbocycles. The molecule has 0 bridgehead atoms. The van der Waals surface area contributed by atoms with Crippen LogP contribution < -0.4 is 0 Å². The number of piperidine rings is 1. The van der Waals surface area contributed by atoms with Crippen molar-refractivity contribution in [2.45, 2.75) is 26.7 Å². The third-order valence-electron chi connectivity index (χ3n) is 4.34. The molecule has 6 heteroatoms. The molecule has 1 aliphatic rings. The predicted octanol–water partition coefficient (Wildman–Crippen LogP) is 3.53. The van der Waals surface area contributed by atoms with Crippen LogP contribution in [0.5, 0.6) is 0 Å². The molecule has 1 amide bonds. The zero-order valence-electron chi connectivity index (χ0n) is 14.5. The van der Waals surface area contributed by atoms with Gasteiger partial charge in [0.05, 0.1) is 18.2 Å². The monoisotopic (exact) mass is 358 g/mol. The van der Waals surface area contributed by atoms with Crippen LogP contribution in [0.25, 0.3) is 10.6 Å². The van der Waals surface area contributed by atoms with Crippen molar-refractivity contribution in [1.82, 2.24) is 9.88 Å². The summed E-state index contributed by atoms with van der Waals surface area (Å²) in [5, 5.41) is 0.848. The first-order chi connectivity index (χ1) is 12.1. The summed E-state index contributed by atoms with van der Waals surface area (Å²) in [4.78, 5) is 31.9. The number of amides is 1. The van der Waals surface area contributed by atoms with E-state index in [0.717, 1.165) is 29.1 Å². The molecule has 0 N–H and O–H groups in total. The number of ether oxygens (including phenoxy) is 1. The number of aromatic nitrogens is 1. The predicted molar refractivity (Wildman–Crippen MR) is 97.5 cm³/mol. The zero-order chi connectivity index (χ0) is 17.8. The first kappa shape index (κ1) is 17.6. The molecule has 1 fully saturated rings. The fourth-order valence-electron chi connectivity index (χ4n) is 3.06. The molecule has 3 rings (SSSR count). The zero-order valence-corrected chi connectivity index (χ0v) is 15.3. The second-order valence-electron chi connectivity index (χ2n) is 6.14. The molecule has 1 aliphatic heterocycles. The average molecular weight is 358 g/mol. The highest BCUT2D eigenvalue weighted by Crippen LogP contribution is 2.30. The number of likely N-dealkylation sites (tertiary alicyclic amines) is 1. The molecular weight excluding hydrogens is 336 g/mol. The van der Waals surface area contributed by atoms with Crippen molar-refractivity contribution in [3.05, 3.63) is 40.9 Å². The number of nitrogens with zero attached hydrogens (tertiary/aromatic N) is 2. The number of thiazole rings is 1. The summed E-state index contributed by atoms with van der Waals surface area (Å²) < 4.78 is 5.11. The van der Waals surface area contributed by atoms with Gasteiger partial charge in [-0.3, -0.25) is 9.59 Å². The van der Waals surface area contributed by atoms with Gasteiger partial charge in [0.15, 0.2) is 0 Å². The topological polar surface area (TPSA) is 59.5 Å². The van der Waals surface area contributed by atoms with Crippen molar-refractivity contribution in [2.75, 3.05) is 19.7 Å². The maximum absolute atomic E-state index is 12.9. The summed E-state index contributed by atoms with van der Waals surface area (Å²) >= 11 is 1.42. The number of hydrogen-bond acceptors (Lipinski definition) is 5. The summed E-state index contributed by atoms with van der Waals surface area (Å²) in [6.45, 7) is 5.14. The first-order valence-electron chi connectivity index (χ1n) is 8.59. The number of rotatable bonds is 4. The van der Waals surface area contributed by atoms with Crippen LogP contribution in [-0.4, -0.2) is 41.5 Å². The lowest BCUT2D eigenvalue weighted by Gasteiger charge is -2.31. The summed E-state index contributed by atoms with van der Waals surface area (Å²) in [5.41, 5.74) is 1.75. The molecule has 132 valence electrons. The number of aryl methyl sites for hydroxylation is 1. The molecule has 1 unspecified atom stereocenters. The first-order valence-corrected chi connectivity index (χ1v) is 9.40. The standard InChI is InChI=1S/C19H22N2O3S/c1-3-24-19(23)15-10-7-11-21(12-15)18(22)16-13(2)20-17(25-16)14-8-5-4-6-9-14/h4-6,8-9,15H,3,7,10-12H2,1-2H3. The Morgan fingerprint density at radius 1 is 1.32 bits per heavy atom. The molecule has 1 aromatic heterocycles. The van der Waals surface area contributed by atoms with Crippen LogP contribution >= 0.6 is 11.3 Å². The van der Waals surface area contributed by atoms with Crippen LogP contribution in [0.15, 0.2) is 30.3 Å².